The second-order valence-electron chi connectivity index (χ2n) is 5.41. The summed E-state index contributed by atoms with van der Waals surface area (Å²) in [7, 11) is 0. The quantitative estimate of drug-likeness (QED) is 0.781. The number of benzene rings is 2. The number of aryl methyl sites for hydroxylation is 1. The summed E-state index contributed by atoms with van der Waals surface area (Å²) in [5.41, 5.74) is 10.1. The summed E-state index contributed by atoms with van der Waals surface area (Å²) >= 11 is 0. The summed E-state index contributed by atoms with van der Waals surface area (Å²) in [5, 5.41) is 1.13. The van der Waals surface area contributed by atoms with Gasteiger partial charge in [0.25, 0.3) is 0 Å². The van der Waals surface area contributed by atoms with Crippen LogP contribution in [0.3, 0.4) is 0 Å². The van der Waals surface area contributed by atoms with E-state index in [4.69, 9.17) is 10.5 Å². The molecule has 1 heterocycles. The number of fused-ring (bicyclic) bond motifs is 1. The second-order valence-corrected chi connectivity index (χ2v) is 5.41. The van der Waals surface area contributed by atoms with Crippen LogP contribution < -0.4 is 10.5 Å². The topological polar surface area (TPSA) is 48.1 Å². The van der Waals surface area contributed by atoms with Gasteiger partial charge in [-0.1, -0.05) is 30.3 Å². The van der Waals surface area contributed by atoms with Crippen molar-refractivity contribution in [1.82, 2.24) is 4.98 Å². The van der Waals surface area contributed by atoms with Crippen LogP contribution in [0.5, 0.6) is 5.75 Å². The van der Waals surface area contributed by atoms with Gasteiger partial charge >= 0.3 is 0 Å². The molecule has 0 aliphatic heterocycles. The zero-order chi connectivity index (χ0) is 15.4. The minimum atomic E-state index is 0.567. The van der Waals surface area contributed by atoms with Crippen LogP contribution in [0.1, 0.15) is 16.8 Å². The summed E-state index contributed by atoms with van der Waals surface area (Å²) in [6, 6.07) is 18.3. The van der Waals surface area contributed by atoms with Crippen LogP contribution in [0, 0.1) is 6.92 Å². The van der Waals surface area contributed by atoms with Crippen molar-refractivity contribution in [2.24, 2.45) is 5.73 Å². The first-order valence-corrected chi connectivity index (χ1v) is 7.53. The summed E-state index contributed by atoms with van der Waals surface area (Å²) < 4.78 is 5.90. The van der Waals surface area contributed by atoms with E-state index in [1.165, 1.54) is 5.56 Å². The number of pyridine rings is 1. The molecule has 1 aromatic heterocycles. The molecule has 22 heavy (non-hydrogen) atoms. The molecule has 2 aromatic carbocycles. The Kier molecular flexibility index (Phi) is 4.35. The van der Waals surface area contributed by atoms with Gasteiger partial charge in [-0.05, 0) is 55.3 Å². The van der Waals surface area contributed by atoms with Crippen LogP contribution in [-0.4, -0.2) is 11.5 Å². The Morgan fingerprint density at radius 2 is 1.86 bits per heavy atom. The zero-order valence-electron chi connectivity index (χ0n) is 12.8. The number of aromatic nitrogens is 1. The molecule has 0 amide bonds. The fourth-order valence-electron chi connectivity index (χ4n) is 2.62. The molecule has 3 heteroatoms. The SMILES string of the molecule is Cc1cc(CCN)c2cc(OCc3ccccc3)ccc2n1. The first-order chi connectivity index (χ1) is 10.8. The fourth-order valence-corrected chi connectivity index (χ4v) is 2.62. The molecule has 0 aliphatic carbocycles. The van der Waals surface area contributed by atoms with Gasteiger partial charge in [0.2, 0.25) is 0 Å². The van der Waals surface area contributed by atoms with Crippen molar-refractivity contribution in [1.29, 1.82) is 0 Å². The zero-order valence-corrected chi connectivity index (χ0v) is 12.8. The number of hydrogen-bond donors (Lipinski definition) is 1. The van der Waals surface area contributed by atoms with Crippen molar-refractivity contribution >= 4 is 10.9 Å². The van der Waals surface area contributed by atoms with Crippen LogP contribution >= 0.6 is 0 Å². The average Bonchev–Trinajstić information content (AvgIpc) is 2.54. The molecule has 112 valence electrons. The summed E-state index contributed by atoms with van der Waals surface area (Å²) in [6.45, 7) is 3.21. The van der Waals surface area contributed by atoms with Crippen molar-refractivity contribution in [2.45, 2.75) is 20.0 Å². The predicted octanol–water partition coefficient (Wildman–Crippen LogP) is 3.62. The van der Waals surface area contributed by atoms with E-state index in [1.54, 1.807) is 0 Å². The number of rotatable bonds is 5. The standard InChI is InChI=1S/C19H20N2O/c1-14-11-16(9-10-20)18-12-17(7-8-19(18)21-14)22-13-15-5-3-2-4-6-15/h2-8,11-12H,9-10,13,20H2,1H3. The van der Waals surface area contributed by atoms with E-state index < -0.39 is 0 Å². The maximum atomic E-state index is 5.90. The molecule has 0 saturated carbocycles. The molecule has 3 rings (SSSR count). The maximum Gasteiger partial charge on any atom is 0.120 e. The highest BCUT2D eigenvalue weighted by Crippen LogP contribution is 2.24. The van der Waals surface area contributed by atoms with E-state index in [0.29, 0.717) is 13.2 Å². The van der Waals surface area contributed by atoms with E-state index in [0.717, 1.165) is 34.3 Å². The van der Waals surface area contributed by atoms with Crippen LogP contribution in [0.15, 0.2) is 54.6 Å². The largest absolute Gasteiger partial charge is 0.489 e. The molecule has 0 radical (unpaired) electrons. The van der Waals surface area contributed by atoms with E-state index in [9.17, 15) is 0 Å². The third-order valence-electron chi connectivity index (χ3n) is 3.66. The normalized spacial score (nSPS) is 10.8. The third kappa shape index (κ3) is 3.26. The maximum absolute atomic E-state index is 5.90. The fraction of sp³-hybridized carbons (Fsp3) is 0.211. The van der Waals surface area contributed by atoms with Crippen molar-refractivity contribution in [3.63, 3.8) is 0 Å². The van der Waals surface area contributed by atoms with Gasteiger partial charge in [-0.15, -0.1) is 0 Å². The van der Waals surface area contributed by atoms with Gasteiger partial charge < -0.3 is 10.5 Å². The molecule has 0 aliphatic rings. The molecule has 0 unspecified atom stereocenters. The van der Waals surface area contributed by atoms with Crippen LogP contribution in [0.4, 0.5) is 0 Å². The van der Waals surface area contributed by atoms with Gasteiger partial charge in [-0.2, -0.15) is 0 Å². The summed E-state index contributed by atoms with van der Waals surface area (Å²) in [5.74, 6) is 0.861. The van der Waals surface area contributed by atoms with Gasteiger partial charge in [-0.25, -0.2) is 0 Å². The van der Waals surface area contributed by atoms with Crippen LogP contribution in [0.25, 0.3) is 10.9 Å². The molecule has 0 bridgehead atoms. The minimum absolute atomic E-state index is 0.567. The highest BCUT2D eigenvalue weighted by atomic mass is 16.5. The Hall–Kier alpha value is -2.39. The van der Waals surface area contributed by atoms with Crippen LogP contribution in [0.2, 0.25) is 0 Å². The number of hydrogen-bond acceptors (Lipinski definition) is 3. The first-order valence-electron chi connectivity index (χ1n) is 7.53. The van der Waals surface area contributed by atoms with Crippen molar-refractivity contribution in [2.75, 3.05) is 6.54 Å². The Morgan fingerprint density at radius 3 is 2.64 bits per heavy atom. The van der Waals surface area contributed by atoms with Gasteiger partial charge in [0.15, 0.2) is 0 Å². The Labute approximate surface area is 130 Å². The molecule has 0 saturated heterocycles. The van der Waals surface area contributed by atoms with E-state index in [2.05, 4.69) is 29.2 Å². The van der Waals surface area contributed by atoms with Gasteiger partial charge in [0.1, 0.15) is 12.4 Å². The lowest BCUT2D eigenvalue weighted by Gasteiger charge is -2.10. The van der Waals surface area contributed by atoms with Crippen LogP contribution in [-0.2, 0) is 13.0 Å². The third-order valence-corrected chi connectivity index (χ3v) is 3.66. The first kappa shape index (κ1) is 14.5. The molecule has 3 nitrogen and oxygen atoms in total. The molecule has 0 fully saturated rings. The lowest BCUT2D eigenvalue weighted by atomic mass is 10.0. The number of nitrogens with zero attached hydrogens (tertiary/aromatic N) is 1. The smallest absolute Gasteiger partial charge is 0.120 e. The van der Waals surface area contributed by atoms with Crippen molar-refractivity contribution in [3.05, 3.63) is 71.4 Å². The molecule has 0 spiro atoms. The molecule has 2 N–H and O–H groups in total. The lowest BCUT2D eigenvalue weighted by molar-refractivity contribution is 0.306. The Balaban J connectivity index is 1.88. The Bertz CT molecular complexity index is 769. The predicted molar refractivity (Wildman–Crippen MR) is 90.0 cm³/mol. The molecule has 3 aromatic rings. The van der Waals surface area contributed by atoms with Crippen molar-refractivity contribution in [3.8, 4) is 5.75 Å². The highest BCUT2D eigenvalue weighted by Gasteiger charge is 2.06. The molecular formula is C19H20N2O. The Morgan fingerprint density at radius 1 is 1.05 bits per heavy atom. The van der Waals surface area contributed by atoms with E-state index in [1.807, 2.05) is 37.3 Å². The monoisotopic (exact) mass is 292 g/mol. The van der Waals surface area contributed by atoms with E-state index in [-0.39, 0.29) is 0 Å². The van der Waals surface area contributed by atoms with Gasteiger partial charge in [0.05, 0.1) is 5.52 Å². The highest BCUT2D eigenvalue weighted by molar-refractivity contribution is 5.84. The van der Waals surface area contributed by atoms with E-state index >= 15 is 0 Å². The van der Waals surface area contributed by atoms with Gasteiger partial charge in [0, 0.05) is 11.1 Å². The summed E-state index contributed by atoms with van der Waals surface area (Å²) in [4.78, 5) is 4.58. The van der Waals surface area contributed by atoms with Crippen molar-refractivity contribution < 1.29 is 4.74 Å². The average molecular weight is 292 g/mol. The number of nitrogens with two attached hydrogens (primary N) is 1. The summed E-state index contributed by atoms with van der Waals surface area (Å²) in [6.07, 6.45) is 0.849. The van der Waals surface area contributed by atoms with Gasteiger partial charge in [-0.3, -0.25) is 4.98 Å². The molecule has 0 atom stereocenters. The minimum Gasteiger partial charge on any atom is -0.489 e. The molecular weight excluding hydrogens is 272 g/mol. The lowest BCUT2D eigenvalue weighted by Crippen LogP contribution is -2.04. The second kappa shape index (κ2) is 6.58. The number of ether oxygens (including phenoxy) is 1.